The Morgan fingerprint density at radius 1 is 1.71 bits per heavy atom. The maximum absolute atomic E-state index is 11.7. The van der Waals surface area contributed by atoms with Gasteiger partial charge in [-0.3, -0.25) is 4.79 Å². The monoisotopic (exact) mass is 263 g/mol. The standard InChI is InChI=1S/C10H18BrNO2/c1-8(11)10(14)12-5-2-3-9(7-12)4-6-13/h8-9,13H,2-7H2,1H3. The van der Waals surface area contributed by atoms with E-state index in [0.717, 1.165) is 32.4 Å². The van der Waals surface area contributed by atoms with Gasteiger partial charge < -0.3 is 10.0 Å². The molecule has 2 atom stereocenters. The van der Waals surface area contributed by atoms with Gasteiger partial charge in [0.25, 0.3) is 0 Å². The van der Waals surface area contributed by atoms with Crippen LogP contribution in [-0.2, 0) is 4.79 Å². The number of carbonyl (C=O) groups excluding carboxylic acids is 1. The lowest BCUT2D eigenvalue weighted by atomic mass is 9.95. The SMILES string of the molecule is CC(Br)C(=O)N1CCCC(CCO)C1. The fraction of sp³-hybridized carbons (Fsp3) is 0.900. The predicted octanol–water partition coefficient (Wildman–Crippen LogP) is 1.39. The molecule has 1 amide bonds. The predicted molar refractivity (Wildman–Crippen MR) is 59.4 cm³/mol. The van der Waals surface area contributed by atoms with Crippen molar-refractivity contribution in [2.45, 2.75) is 31.0 Å². The number of aliphatic hydroxyl groups is 1. The van der Waals surface area contributed by atoms with E-state index in [1.54, 1.807) is 0 Å². The lowest BCUT2D eigenvalue weighted by molar-refractivity contribution is -0.132. The molecule has 0 aliphatic carbocycles. The average Bonchev–Trinajstić information content (AvgIpc) is 2.17. The number of rotatable bonds is 3. The Hall–Kier alpha value is -0.0900. The van der Waals surface area contributed by atoms with E-state index >= 15 is 0 Å². The fourth-order valence-electron chi connectivity index (χ4n) is 1.94. The molecule has 1 fully saturated rings. The normalized spacial score (nSPS) is 24.8. The van der Waals surface area contributed by atoms with Crippen LogP contribution in [0.4, 0.5) is 0 Å². The van der Waals surface area contributed by atoms with Crippen LogP contribution >= 0.6 is 15.9 Å². The highest BCUT2D eigenvalue weighted by atomic mass is 79.9. The molecule has 0 bridgehead atoms. The molecule has 1 saturated heterocycles. The Balaban J connectivity index is 2.43. The summed E-state index contributed by atoms with van der Waals surface area (Å²) in [6, 6.07) is 0. The number of amides is 1. The second-order valence-corrected chi connectivity index (χ2v) is 5.29. The van der Waals surface area contributed by atoms with Gasteiger partial charge >= 0.3 is 0 Å². The molecule has 0 saturated carbocycles. The van der Waals surface area contributed by atoms with Gasteiger partial charge in [0.05, 0.1) is 4.83 Å². The molecule has 1 aliphatic rings. The number of nitrogens with zero attached hydrogens (tertiary/aromatic N) is 1. The van der Waals surface area contributed by atoms with Crippen LogP contribution in [0.5, 0.6) is 0 Å². The largest absolute Gasteiger partial charge is 0.396 e. The van der Waals surface area contributed by atoms with Crippen molar-refractivity contribution in [1.82, 2.24) is 4.90 Å². The van der Waals surface area contributed by atoms with Gasteiger partial charge in [0.1, 0.15) is 0 Å². The van der Waals surface area contributed by atoms with Crippen LogP contribution in [0.25, 0.3) is 0 Å². The molecule has 3 nitrogen and oxygen atoms in total. The van der Waals surface area contributed by atoms with Crippen molar-refractivity contribution < 1.29 is 9.90 Å². The van der Waals surface area contributed by atoms with Crippen LogP contribution in [0, 0.1) is 5.92 Å². The smallest absolute Gasteiger partial charge is 0.236 e. The first kappa shape index (κ1) is 12.0. The van der Waals surface area contributed by atoms with E-state index in [4.69, 9.17) is 5.11 Å². The van der Waals surface area contributed by atoms with Gasteiger partial charge in [-0.15, -0.1) is 0 Å². The van der Waals surface area contributed by atoms with Crippen molar-refractivity contribution in [3.05, 3.63) is 0 Å². The lowest BCUT2D eigenvalue weighted by Crippen LogP contribution is -2.42. The zero-order chi connectivity index (χ0) is 10.6. The molecule has 0 aromatic carbocycles. The highest BCUT2D eigenvalue weighted by molar-refractivity contribution is 9.10. The van der Waals surface area contributed by atoms with Crippen molar-refractivity contribution in [2.24, 2.45) is 5.92 Å². The van der Waals surface area contributed by atoms with E-state index in [1.807, 2.05) is 11.8 Å². The summed E-state index contributed by atoms with van der Waals surface area (Å²) in [6.45, 7) is 3.78. The third-order valence-electron chi connectivity index (χ3n) is 2.71. The van der Waals surface area contributed by atoms with Crippen molar-refractivity contribution in [3.63, 3.8) is 0 Å². The Kier molecular flexibility index (Phi) is 4.89. The number of likely N-dealkylation sites (tertiary alicyclic amines) is 1. The summed E-state index contributed by atoms with van der Waals surface area (Å²) in [5, 5.41) is 8.84. The van der Waals surface area contributed by atoms with E-state index in [1.165, 1.54) is 0 Å². The maximum atomic E-state index is 11.7. The van der Waals surface area contributed by atoms with Gasteiger partial charge in [0.2, 0.25) is 5.91 Å². The molecule has 0 aromatic rings. The summed E-state index contributed by atoms with van der Waals surface area (Å²) >= 11 is 3.29. The first-order valence-electron chi connectivity index (χ1n) is 5.19. The molecule has 4 heteroatoms. The summed E-state index contributed by atoms with van der Waals surface area (Å²) in [6.07, 6.45) is 3.03. The van der Waals surface area contributed by atoms with E-state index in [0.29, 0.717) is 5.92 Å². The van der Waals surface area contributed by atoms with Crippen LogP contribution in [-0.4, -0.2) is 40.4 Å². The number of carbonyl (C=O) groups is 1. The average molecular weight is 264 g/mol. The van der Waals surface area contributed by atoms with Crippen molar-refractivity contribution in [3.8, 4) is 0 Å². The molecule has 1 heterocycles. The van der Waals surface area contributed by atoms with Gasteiger partial charge in [-0.25, -0.2) is 0 Å². The van der Waals surface area contributed by atoms with Gasteiger partial charge in [0, 0.05) is 19.7 Å². The Morgan fingerprint density at radius 3 is 3.00 bits per heavy atom. The van der Waals surface area contributed by atoms with E-state index < -0.39 is 0 Å². The van der Waals surface area contributed by atoms with Crippen molar-refractivity contribution in [2.75, 3.05) is 19.7 Å². The Bertz CT molecular complexity index is 195. The third-order valence-corrected chi connectivity index (χ3v) is 3.10. The van der Waals surface area contributed by atoms with E-state index in [-0.39, 0.29) is 17.3 Å². The number of piperidine rings is 1. The van der Waals surface area contributed by atoms with Gasteiger partial charge in [0.15, 0.2) is 0 Å². The summed E-state index contributed by atoms with van der Waals surface area (Å²) in [7, 11) is 0. The zero-order valence-corrected chi connectivity index (χ0v) is 10.2. The molecule has 82 valence electrons. The summed E-state index contributed by atoms with van der Waals surface area (Å²) in [5.41, 5.74) is 0. The molecule has 0 radical (unpaired) electrons. The minimum absolute atomic E-state index is 0.0876. The quantitative estimate of drug-likeness (QED) is 0.782. The second kappa shape index (κ2) is 5.71. The summed E-state index contributed by atoms with van der Waals surface area (Å²) in [5.74, 6) is 0.664. The van der Waals surface area contributed by atoms with Gasteiger partial charge in [-0.05, 0) is 32.1 Å². The van der Waals surface area contributed by atoms with Crippen molar-refractivity contribution >= 4 is 21.8 Å². The van der Waals surface area contributed by atoms with E-state index in [9.17, 15) is 4.79 Å². The minimum Gasteiger partial charge on any atom is -0.396 e. The number of halogens is 1. The molecular weight excluding hydrogens is 246 g/mol. The molecular formula is C10H18BrNO2. The third kappa shape index (κ3) is 3.24. The van der Waals surface area contributed by atoms with Crippen LogP contribution in [0.2, 0.25) is 0 Å². The number of hydrogen-bond donors (Lipinski definition) is 1. The first-order chi connectivity index (χ1) is 6.65. The van der Waals surface area contributed by atoms with Crippen LogP contribution in [0.1, 0.15) is 26.2 Å². The Labute approximate surface area is 93.6 Å². The van der Waals surface area contributed by atoms with Gasteiger partial charge in [-0.1, -0.05) is 15.9 Å². The molecule has 1 aliphatic heterocycles. The topological polar surface area (TPSA) is 40.5 Å². The maximum Gasteiger partial charge on any atom is 0.236 e. The lowest BCUT2D eigenvalue weighted by Gasteiger charge is -2.33. The van der Waals surface area contributed by atoms with E-state index in [2.05, 4.69) is 15.9 Å². The molecule has 14 heavy (non-hydrogen) atoms. The fourth-order valence-corrected chi connectivity index (χ4v) is 2.22. The molecule has 2 unspecified atom stereocenters. The molecule has 0 aromatic heterocycles. The zero-order valence-electron chi connectivity index (χ0n) is 8.58. The molecule has 1 N–H and O–H groups in total. The van der Waals surface area contributed by atoms with Crippen molar-refractivity contribution in [1.29, 1.82) is 0 Å². The van der Waals surface area contributed by atoms with Crippen LogP contribution in [0.15, 0.2) is 0 Å². The number of hydrogen-bond acceptors (Lipinski definition) is 2. The second-order valence-electron chi connectivity index (χ2n) is 3.92. The minimum atomic E-state index is -0.0876. The van der Waals surface area contributed by atoms with Gasteiger partial charge in [-0.2, -0.15) is 0 Å². The summed E-state index contributed by atoms with van der Waals surface area (Å²) in [4.78, 5) is 13.5. The highest BCUT2D eigenvalue weighted by Gasteiger charge is 2.25. The van der Waals surface area contributed by atoms with Crippen LogP contribution in [0.3, 0.4) is 0 Å². The number of aliphatic hydroxyl groups excluding tert-OH is 1. The number of alkyl halides is 1. The summed E-state index contributed by atoms with van der Waals surface area (Å²) < 4.78 is 0. The molecule has 0 spiro atoms. The molecule has 1 rings (SSSR count). The highest BCUT2D eigenvalue weighted by Crippen LogP contribution is 2.20. The first-order valence-corrected chi connectivity index (χ1v) is 6.10. The van der Waals surface area contributed by atoms with Crippen LogP contribution < -0.4 is 0 Å². The Morgan fingerprint density at radius 2 is 2.43 bits per heavy atom.